The van der Waals surface area contributed by atoms with Crippen LogP contribution in [-0.2, 0) is 11.2 Å². The standard InChI is InChI=1S/C22H27NO3/c1-16-10-11-18(17(2)15-16)8-6-14-23-21(24)13-12-19-7-5-9-20(25-3)22(19)26-4/h5,7,9-13,15H,6,8,14H2,1-4H3,(H,23,24)/b13-12+. The van der Waals surface area contributed by atoms with Crippen LogP contribution in [0.25, 0.3) is 6.08 Å². The molecule has 1 N–H and O–H groups in total. The number of amides is 1. The lowest BCUT2D eigenvalue weighted by atomic mass is 10.0. The number of ether oxygens (including phenoxy) is 2. The third-order valence-electron chi connectivity index (χ3n) is 4.27. The van der Waals surface area contributed by atoms with E-state index < -0.39 is 0 Å². The fourth-order valence-corrected chi connectivity index (χ4v) is 2.88. The summed E-state index contributed by atoms with van der Waals surface area (Å²) in [5, 5.41) is 2.92. The zero-order chi connectivity index (χ0) is 18.9. The maximum Gasteiger partial charge on any atom is 0.244 e. The van der Waals surface area contributed by atoms with Crippen molar-refractivity contribution in [3.63, 3.8) is 0 Å². The Morgan fingerprint density at radius 2 is 1.92 bits per heavy atom. The lowest BCUT2D eigenvalue weighted by Crippen LogP contribution is -2.22. The molecule has 0 bridgehead atoms. The molecule has 0 aliphatic heterocycles. The molecule has 0 aliphatic rings. The molecule has 0 fully saturated rings. The minimum atomic E-state index is -0.115. The van der Waals surface area contributed by atoms with Gasteiger partial charge < -0.3 is 14.8 Å². The fraction of sp³-hybridized carbons (Fsp3) is 0.318. The van der Waals surface area contributed by atoms with Crippen LogP contribution in [0, 0.1) is 13.8 Å². The minimum Gasteiger partial charge on any atom is -0.493 e. The molecule has 138 valence electrons. The number of para-hydroxylation sites is 1. The van der Waals surface area contributed by atoms with Crippen LogP contribution in [0.4, 0.5) is 0 Å². The van der Waals surface area contributed by atoms with Gasteiger partial charge in [0.1, 0.15) is 0 Å². The number of carbonyl (C=O) groups is 1. The average molecular weight is 353 g/mol. The second-order valence-corrected chi connectivity index (χ2v) is 6.24. The predicted molar refractivity (Wildman–Crippen MR) is 106 cm³/mol. The van der Waals surface area contributed by atoms with Crippen molar-refractivity contribution in [2.75, 3.05) is 20.8 Å². The van der Waals surface area contributed by atoms with Crippen molar-refractivity contribution in [3.05, 3.63) is 64.7 Å². The topological polar surface area (TPSA) is 47.6 Å². The van der Waals surface area contributed by atoms with Gasteiger partial charge in [0.05, 0.1) is 14.2 Å². The zero-order valence-corrected chi connectivity index (χ0v) is 16.0. The average Bonchev–Trinajstić information content (AvgIpc) is 2.64. The van der Waals surface area contributed by atoms with E-state index in [1.807, 2.05) is 18.2 Å². The molecule has 0 spiro atoms. The highest BCUT2D eigenvalue weighted by Gasteiger charge is 2.07. The van der Waals surface area contributed by atoms with Crippen molar-refractivity contribution >= 4 is 12.0 Å². The van der Waals surface area contributed by atoms with Gasteiger partial charge in [0.25, 0.3) is 0 Å². The first kappa shape index (κ1) is 19.6. The van der Waals surface area contributed by atoms with Gasteiger partial charge in [0, 0.05) is 18.2 Å². The van der Waals surface area contributed by atoms with E-state index in [0.29, 0.717) is 18.0 Å². The molecule has 1 amide bonds. The number of carbonyl (C=O) groups excluding carboxylic acids is 1. The minimum absolute atomic E-state index is 0.115. The molecule has 0 aliphatic carbocycles. The Hall–Kier alpha value is -2.75. The van der Waals surface area contributed by atoms with Gasteiger partial charge in [-0.15, -0.1) is 0 Å². The molecule has 4 heteroatoms. The van der Waals surface area contributed by atoms with E-state index >= 15 is 0 Å². The van der Waals surface area contributed by atoms with Crippen molar-refractivity contribution < 1.29 is 14.3 Å². The molecule has 0 saturated heterocycles. The van der Waals surface area contributed by atoms with Crippen molar-refractivity contribution in [3.8, 4) is 11.5 Å². The Morgan fingerprint density at radius 3 is 2.62 bits per heavy atom. The summed E-state index contributed by atoms with van der Waals surface area (Å²) in [5.74, 6) is 1.15. The highest BCUT2D eigenvalue weighted by atomic mass is 16.5. The fourth-order valence-electron chi connectivity index (χ4n) is 2.88. The van der Waals surface area contributed by atoms with Gasteiger partial charge in [-0.1, -0.05) is 35.9 Å². The zero-order valence-electron chi connectivity index (χ0n) is 16.0. The third kappa shape index (κ3) is 5.38. The first-order chi connectivity index (χ1) is 12.5. The van der Waals surface area contributed by atoms with Gasteiger partial charge in [-0.05, 0) is 50.0 Å². The third-order valence-corrected chi connectivity index (χ3v) is 4.27. The monoisotopic (exact) mass is 353 g/mol. The number of aryl methyl sites for hydroxylation is 3. The van der Waals surface area contributed by atoms with E-state index in [1.54, 1.807) is 20.3 Å². The molecule has 0 aromatic heterocycles. The van der Waals surface area contributed by atoms with Crippen LogP contribution in [0.15, 0.2) is 42.5 Å². The van der Waals surface area contributed by atoms with Gasteiger partial charge >= 0.3 is 0 Å². The van der Waals surface area contributed by atoms with Crippen LogP contribution in [0.5, 0.6) is 11.5 Å². The smallest absolute Gasteiger partial charge is 0.244 e. The SMILES string of the molecule is COc1cccc(/C=C/C(=O)NCCCc2ccc(C)cc2C)c1OC. The van der Waals surface area contributed by atoms with Gasteiger partial charge in [-0.3, -0.25) is 4.79 Å². The summed E-state index contributed by atoms with van der Waals surface area (Å²) in [4.78, 5) is 12.0. The maximum atomic E-state index is 12.0. The number of methoxy groups -OCH3 is 2. The molecule has 26 heavy (non-hydrogen) atoms. The molecule has 0 radical (unpaired) electrons. The summed E-state index contributed by atoms with van der Waals surface area (Å²) >= 11 is 0. The normalized spacial score (nSPS) is 10.8. The van der Waals surface area contributed by atoms with E-state index in [4.69, 9.17) is 9.47 Å². The Morgan fingerprint density at radius 1 is 1.12 bits per heavy atom. The van der Waals surface area contributed by atoms with Gasteiger partial charge in [0.2, 0.25) is 5.91 Å². The summed E-state index contributed by atoms with van der Waals surface area (Å²) in [7, 11) is 3.18. The van der Waals surface area contributed by atoms with Gasteiger partial charge in [-0.2, -0.15) is 0 Å². The summed E-state index contributed by atoms with van der Waals surface area (Å²) in [6.07, 6.45) is 5.13. The van der Waals surface area contributed by atoms with Crippen molar-refractivity contribution in [2.24, 2.45) is 0 Å². The Labute approximate surface area is 155 Å². The number of hydrogen-bond donors (Lipinski definition) is 1. The summed E-state index contributed by atoms with van der Waals surface area (Å²) < 4.78 is 10.6. The molecular weight excluding hydrogens is 326 g/mol. The molecule has 0 unspecified atom stereocenters. The molecule has 2 aromatic rings. The summed E-state index contributed by atoms with van der Waals surface area (Å²) in [6.45, 7) is 4.87. The van der Waals surface area contributed by atoms with Crippen molar-refractivity contribution in [1.82, 2.24) is 5.32 Å². The predicted octanol–water partition coefficient (Wildman–Crippen LogP) is 4.08. The van der Waals surface area contributed by atoms with Crippen LogP contribution < -0.4 is 14.8 Å². The van der Waals surface area contributed by atoms with Crippen LogP contribution >= 0.6 is 0 Å². The van der Waals surface area contributed by atoms with Crippen molar-refractivity contribution in [2.45, 2.75) is 26.7 Å². The van der Waals surface area contributed by atoms with Crippen molar-refractivity contribution in [1.29, 1.82) is 0 Å². The number of hydrogen-bond acceptors (Lipinski definition) is 3. The molecule has 0 atom stereocenters. The second kappa shape index (κ2) is 9.66. The lowest BCUT2D eigenvalue weighted by molar-refractivity contribution is -0.116. The van der Waals surface area contributed by atoms with Crippen LogP contribution in [0.3, 0.4) is 0 Å². The van der Waals surface area contributed by atoms with Crippen LogP contribution in [0.2, 0.25) is 0 Å². The molecule has 0 saturated carbocycles. The lowest BCUT2D eigenvalue weighted by Gasteiger charge is -2.10. The highest BCUT2D eigenvalue weighted by molar-refractivity contribution is 5.92. The molecule has 2 rings (SSSR count). The molecule has 2 aromatic carbocycles. The van der Waals surface area contributed by atoms with E-state index in [-0.39, 0.29) is 5.91 Å². The van der Waals surface area contributed by atoms with Crippen LogP contribution in [0.1, 0.15) is 28.7 Å². The molecule has 4 nitrogen and oxygen atoms in total. The number of nitrogens with one attached hydrogen (secondary N) is 1. The Bertz CT molecular complexity index is 781. The summed E-state index contributed by atoms with van der Waals surface area (Å²) in [6, 6.07) is 12.1. The van der Waals surface area contributed by atoms with Crippen LogP contribution in [-0.4, -0.2) is 26.7 Å². The maximum absolute atomic E-state index is 12.0. The molecule has 0 heterocycles. The first-order valence-electron chi connectivity index (χ1n) is 8.78. The first-order valence-corrected chi connectivity index (χ1v) is 8.78. The molecular formula is C22H27NO3. The second-order valence-electron chi connectivity index (χ2n) is 6.24. The quantitative estimate of drug-likeness (QED) is 0.574. The van der Waals surface area contributed by atoms with E-state index in [2.05, 4.69) is 37.4 Å². The van der Waals surface area contributed by atoms with Gasteiger partial charge in [-0.25, -0.2) is 0 Å². The largest absolute Gasteiger partial charge is 0.493 e. The van der Waals surface area contributed by atoms with E-state index in [0.717, 1.165) is 18.4 Å². The van der Waals surface area contributed by atoms with Gasteiger partial charge in [0.15, 0.2) is 11.5 Å². The highest BCUT2D eigenvalue weighted by Crippen LogP contribution is 2.31. The number of benzene rings is 2. The summed E-state index contributed by atoms with van der Waals surface area (Å²) in [5.41, 5.74) is 4.72. The Balaban J connectivity index is 1.84. The number of rotatable bonds is 8. The van der Waals surface area contributed by atoms with E-state index in [1.165, 1.54) is 22.8 Å². The Kier molecular flexibility index (Phi) is 7.27. The van der Waals surface area contributed by atoms with E-state index in [9.17, 15) is 4.79 Å².